The van der Waals surface area contributed by atoms with Crippen LogP contribution in [0.5, 0.6) is 0 Å². The van der Waals surface area contributed by atoms with Crippen LogP contribution in [0.1, 0.15) is 25.8 Å². The average molecular weight is 269 g/mol. The number of ether oxygens (including phenoxy) is 1. The van der Waals surface area contributed by atoms with Crippen molar-refractivity contribution in [2.24, 2.45) is 5.92 Å². The maximum Gasteiger partial charge on any atom is 0.309 e. The predicted molar refractivity (Wildman–Crippen MR) is 61.4 cm³/mol. The first kappa shape index (κ1) is 10.7. The van der Waals surface area contributed by atoms with Gasteiger partial charge in [-0.3, -0.25) is 4.79 Å². The highest BCUT2D eigenvalue weighted by Crippen LogP contribution is 2.39. The fourth-order valence-corrected chi connectivity index (χ4v) is 2.28. The molecule has 0 aliphatic carbocycles. The van der Waals surface area contributed by atoms with Crippen LogP contribution in [0.15, 0.2) is 28.7 Å². The van der Waals surface area contributed by atoms with Gasteiger partial charge in [0.25, 0.3) is 0 Å². The lowest BCUT2D eigenvalue weighted by molar-refractivity contribution is -0.149. The van der Waals surface area contributed by atoms with Gasteiger partial charge in [-0.25, -0.2) is 0 Å². The molecule has 0 amide bonds. The molecule has 0 saturated carbocycles. The van der Waals surface area contributed by atoms with Gasteiger partial charge in [-0.05, 0) is 24.6 Å². The first-order valence-corrected chi connectivity index (χ1v) is 5.79. The van der Waals surface area contributed by atoms with Gasteiger partial charge in [0.05, 0.1) is 5.92 Å². The zero-order valence-electron chi connectivity index (χ0n) is 8.79. The lowest BCUT2D eigenvalue weighted by Crippen LogP contribution is -2.20. The van der Waals surface area contributed by atoms with Gasteiger partial charge in [0, 0.05) is 10.9 Å². The molecular weight excluding hydrogens is 256 g/mol. The maximum absolute atomic E-state index is 11.4. The molecule has 1 fully saturated rings. The van der Waals surface area contributed by atoms with Gasteiger partial charge < -0.3 is 4.74 Å². The molecule has 0 aromatic heterocycles. The lowest BCUT2D eigenvalue weighted by atomic mass is 9.90. The molecule has 0 radical (unpaired) electrons. The normalized spacial score (nSPS) is 30.3. The summed E-state index contributed by atoms with van der Waals surface area (Å²) in [6, 6.07) is 7.93. The van der Waals surface area contributed by atoms with E-state index in [1.165, 1.54) is 0 Å². The molecule has 2 atom stereocenters. The first-order valence-electron chi connectivity index (χ1n) is 5.00. The Morgan fingerprint density at radius 2 is 2.00 bits per heavy atom. The van der Waals surface area contributed by atoms with Gasteiger partial charge in [0.1, 0.15) is 5.60 Å². The molecular formula is C12H13BrO2. The Labute approximate surface area is 97.8 Å². The molecule has 2 nitrogen and oxygen atoms in total. The minimum atomic E-state index is -0.447. The first-order chi connectivity index (χ1) is 7.01. The number of halogens is 1. The van der Waals surface area contributed by atoms with Crippen LogP contribution in [0.3, 0.4) is 0 Å². The SMILES string of the molecule is C[C@@H]1C[C@@](C)(c2ccc(Br)cc2)OC1=O. The Kier molecular flexibility index (Phi) is 2.59. The van der Waals surface area contributed by atoms with Crippen LogP contribution in [0, 0.1) is 5.92 Å². The van der Waals surface area contributed by atoms with Crippen molar-refractivity contribution < 1.29 is 9.53 Å². The van der Waals surface area contributed by atoms with E-state index in [-0.39, 0.29) is 11.9 Å². The van der Waals surface area contributed by atoms with E-state index in [1.807, 2.05) is 38.1 Å². The summed E-state index contributed by atoms with van der Waals surface area (Å²) in [5, 5.41) is 0. The van der Waals surface area contributed by atoms with Crippen molar-refractivity contribution >= 4 is 21.9 Å². The summed E-state index contributed by atoms with van der Waals surface area (Å²) in [4.78, 5) is 11.4. The summed E-state index contributed by atoms with van der Waals surface area (Å²) < 4.78 is 6.47. The zero-order valence-corrected chi connectivity index (χ0v) is 10.4. The lowest BCUT2D eigenvalue weighted by Gasteiger charge is -2.23. The molecule has 0 spiro atoms. The molecule has 3 heteroatoms. The third kappa shape index (κ3) is 1.93. The summed E-state index contributed by atoms with van der Waals surface area (Å²) in [7, 11) is 0. The van der Waals surface area contributed by atoms with Gasteiger partial charge in [-0.1, -0.05) is 35.0 Å². The van der Waals surface area contributed by atoms with Crippen molar-refractivity contribution in [3.05, 3.63) is 34.3 Å². The molecule has 15 heavy (non-hydrogen) atoms. The maximum atomic E-state index is 11.4. The van der Waals surface area contributed by atoms with Crippen LogP contribution in [0.25, 0.3) is 0 Å². The number of carbonyl (C=O) groups is 1. The number of rotatable bonds is 1. The molecule has 2 rings (SSSR count). The van der Waals surface area contributed by atoms with Crippen LogP contribution in [0.4, 0.5) is 0 Å². The molecule has 0 N–H and O–H groups in total. The van der Waals surface area contributed by atoms with E-state index in [0.29, 0.717) is 0 Å². The van der Waals surface area contributed by atoms with E-state index >= 15 is 0 Å². The quantitative estimate of drug-likeness (QED) is 0.731. The molecule has 1 aromatic carbocycles. The van der Waals surface area contributed by atoms with E-state index in [2.05, 4.69) is 15.9 Å². The Bertz CT molecular complexity index is 385. The molecule has 0 unspecified atom stereocenters. The van der Waals surface area contributed by atoms with Gasteiger partial charge in [-0.2, -0.15) is 0 Å². The van der Waals surface area contributed by atoms with Crippen molar-refractivity contribution in [1.29, 1.82) is 0 Å². The molecule has 0 bridgehead atoms. The van der Waals surface area contributed by atoms with E-state index < -0.39 is 5.60 Å². The van der Waals surface area contributed by atoms with Crippen LogP contribution >= 0.6 is 15.9 Å². The molecule has 1 saturated heterocycles. The van der Waals surface area contributed by atoms with Crippen molar-refractivity contribution in [3.63, 3.8) is 0 Å². The summed E-state index contributed by atoms with van der Waals surface area (Å²) in [6.45, 7) is 3.88. The Morgan fingerprint density at radius 3 is 2.47 bits per heavy atom. The fraction of sp³-hybridized carbons (Fsp3) is 0.417. The van der Waals surface area contributed by atoms with Gasteiger partial charge in [0.15, 0.2) is 0 Å². The van der Waals surface area contributed by atoms with Crippen LogP contribution in [-0.4, -0.2) is 5.97 Å². The number of benzene rings is 1. The fourth-order valence-electron chi connectivity index (χ4n) is 2.01. The van der Waals surface area contributed by atoms with Gasteiger partial charge >= 0.3 is 5.97 Å². The highest BCUT2D eigenvalue weighted by molar-refractivity contribution is 9.10. The highest BCUT2D eigenvalue weighted by atomic mass is 79.9. The third-order valence-corrected chi connectivity index (χ3v) is 3.41. The van der Waals surface area contributed by atoms with E-state index in [1.54, 1.807) is 0 Å². The molecule has 1 aliphatic heterocycles. The summed E-state index contributed by atoms with van der Waals surface area (Å²) >= 11 is 3.39. The highest BCUT2D eigenvalue weighted by Gasteiger charge is 2.42. The van der Waals surface area contributed by atoms with E-state index in [4.69, 9.17) is 4.74 Å². The third-order valence-electron chi connectivity index (χ3n) is 2.88. The molecule has 1 heterocycles. The second-order valence-corrected chi connectivity index (χ2v) is 5.18. The van der Waals surface area contributed by atoms with Crippen LogP contribution in [0.2, 0.25) is 0 Å². The predicted octanol–water partition coefficient (Wildman–Crippen LogP) is 3.25. The number of hydrogen-bond donors (Lipinski definition) is 0. The molecule has 1 aromatic rings. The van der Waals surface area contributed by atoms with Crippen molar-refractivity contribution in [3.8, 4) is 0 Å². The smallest absolute Gasteiger partial charge is 0.309 e. The van der Waals surface area contributed by atoms with E-state index in [0.717, 1.165) is 16.5 Å². The van der Waals surface area contributed by atoms with Crippen molar-refractivity contribution in [1.82, 2.24) is 0 Å². The second kappa shape index (κ2) is 3.63. The topological polar surface area (TPSA) is 26.3 Å². The molecule has 1 aliphatic rings. The van der Waals surface area contributed by atoms with Crippen molar-refractivity contribution in [2.75, 3.05) is 0 Å². The monoisotopic (exact) mass is 268 g/mol. The number of esters is 1. The number of hydrogen-bond acceptors (Lipinski definition) is 2. The average Bonchev–Trinajstić information content (AvgIpc) is 2.43. The summed E-state index contributed by atoms with van der Waals surface area (Å²) in [6.07, 6.45) is 0.757. The Hall–Kier alpha value is -0.830. The Balaban J connectivity index is 2.31. The second-order valence-electron chi connectivity index (χ2n) is 4.26. The summed E-state index contributed by atoms with van der Waals surface area (Å²) in [5.74, 6) is -0.0981. The van der Waals surface area contributed by atoms with Crippen molar-refractivity contribution in [2.45, 2.75) is 25.9 Å². The van der Waals surface area contributed by atoms with Crippen LogP contribution < -0.4 is 0 Å². The minimum Gasteiger partial charge on any atom is -0.454 e. The van der Waals surface area contributed by atoms with Gasteiger partial charge in [0.2, 0.25) is 0 Å². The standard InChI is InChI=1S/C12H13BrO2/c1-8-7-12(2,15-11(8)14)9-3-5-10(13)6-4-9/h3-6,8H,7H2,1-2H3/t8-,12+/m1/s1. The zero-order chi connectivity index (χ0) is 11.1. The molecule has 80 valence electrons. The minimum absolute atomic E-state index is 0.00125. The largest absolute Gasteiger partial charge is 0.454 e. The Morgan fingerprint density at radius 1 is 1.40 bits per heavy atom. The van der Waals surface area contributed by atoms with Crippen LogP contribution in [-0.2, 0) is 15.1 Å². The number of cyclic esters (lactones) is 1. The van der Waals surface area contributed by atoms with Gasteiger partial charge in [-0.15, -0.1) is 0 Å². The summed E-state index contributed by atoms with van der Waals surface area (Å²) in [5.41, 5.74) is 0.611. The van der Waals surface area contributed by atoms with E-state index in [9.17, 15) is 4.79 Å². The number of carbonyl (C=O) groups excluding carboxylic acids is 1.